The zero-order valence-electron chi connectivity index (χ0n) is 11.6. The molecule has 0 aliphatic carbocycles. The maximum atomic E-state index is 11.8. The molecule has 1 aliphatic rings. The zero-order valence-corrected chi connectivity index (χ0v) is 12.4. The van der Waals surface area contributed by atoms with E-state index in [1.807, 2.05) is 30.3 Å². The van der Waals surface area contributed by atoms with E-state index in [9.17, 15) is 8.42 Å². The van der Waals surface area contributed by atoms with Gasteiger partial charge in [-0.3, -0.25) is 4.84 Å². The van der Waals surface area contributed by atoms with E-state index in [0.29, 0.717) is 13.0 Å². The summed E-state index contributed by atoms with van der Waals surface area (Å²) < 4.78 is 23.5. The molecule has 0 unspecified atom stereocenters. The minimum absolute atomic E-state index is 0.0424. The lowest BCUT2D eigenvalue weighted by Gasteiger charge is -2.14. The van der Waals surface area contributed by atoms with Crippen molar-refractivity contribution in [3.8, 4) is 0 Å². The quantitative estimate of drug-likeness (QED) is 0.578. The molecule has 0 amide bonds. The highest BCUT2D eigenvalue weighted by molar-refractivity contribution is 7.89. The van der Waals surface area contributed by atoms with Gasteiger partial charge in [-0.15, -0.1) is 0 Å². The van der Waals surface area contributed by atoms with Crippen molar-refractivity contribution in [2.45, 2.75) is 19.3 Å². The van der Waals surface area contributed by atoms with Crippen molar-refractivity contribution in [2.75, 3.05) is 32.0 Å². The lowest BCUT2D eigenvalue weighted by molar-refractivity contribution is 0.0756. The van der Waals surface area contributed by atoms with Crippen LogP contribution in [0.2, 0.25) is 0 Å². The molecular formula is C14H22N2O3S. The fourth-order valence-corrected chi connectivity index (χ4v) is 3.10. The van der Waals surface area contributed by atoms with Crippen LogP contribution in [-0.4, -0.2) is 45.3 Å². The minimum atomic E-state index is -3.37. The van der Waals surface area contributed by atoms with E-state index < -0.39 is 10.0 Å². The monoisotopic (exact) mass is 298 g/mol. The van der Waals surface area contributed by atoms with Gasteiger partial charge in [-0.05, 0) is 37.9 Å². The van der Waals surface area contributed by atoms with Crippen molar-refractivity contribution >= 4 is 10.0 Å². The Labute approximate surface area is 120 Å². The first-order chi connectivity index (χ1) is 9.66. The van der Waals surface area contributed by atoms with Gasteiger partial charge in [0.1, 0.15) is 0 Å². The van der Waals surface area contributed by atoms with Gasteiger partial charge < -0.3 is 4.90 Å². The number of sulfonamides is 1. The summed E-state index contributed by atoms with van der Waals surface area (Å²) in [5.74, 6) is 0.0424. The predicted molar refractivity (Wildman–Crippen MR) is 78.7 cm³/mol. The lowest BCUT2D eigenvalue weighted by atomic mass is 10.2. The standard InChI is InChI=1S/C14H22N2O3S/c17-20(18,13-8-14-6-2-1-3-7-14)15-19-12-11-16-9-4-5-10-16/h1-3,6-7,15H,4-5,8-13H2. The number of rotatable bonds is 8. The summed E-state index contributed by atoms with van der Waals surface area (Å²) >= 11 is 0. The van der Waals surface area contributed by atoms with Gasteiger partial charge in [-0.1, -0.05) is 35.2 Å². The first kappa shape index (κ1) is 15.4. The van der Waals surface area contributed by atoms with Crippen LogP contribution in [0, 0.1) is 0 Å². The Morgan fingerprint density at radius 1 is 1.15 bits per heavy atom. The molecule has 6 heteroatoms. The second-order valence-electron chi connectivity index (χ2n) is 5.04. The predicted octanol–water partition coefficient (Wildman–Crippen LogP) is 1.18. The number of benzene rings is 1. The summed E-state index contributed by atoms with van der Waals surface area (Å²) in [4.78, 5) is 9.54. The number of nitrogens with one attached hydrogen (secondary N) is 1. The average molecular weight is 298 g/mol. The normalized spacial score (nSPS) is 16.6. The van der Waals surface area contributed by atoms with Crippen LogP contribution < -0.4 is 4.89 Å². The smallest absolute Gasteiger partial charge is 0.233 e. The first-order valence-electron chi connectivity index (χ1n) is 7.03. The number of aryl methyl sites for hydroxylation is 1. The Bertz CT molecular complexity index is 484. The summed E-state index contributed by atoms with van der Waals surface area (Å²) in [7, 11) is -3.37. The third-order valence-corrected chi connectivity index (χ3v) is 4.51. The number of hydrogen-bond donors (Lipinski definition) is 1. The summed E-state index contributed by atoms with van der Waals surface area (Å²) in [5.41, 5.74) is 1.01. The largest absolute Gasteiger partial charge is 0.301 e. The molecule has 20 heavy (non-hydrogen) atoms. The molecule has 112 valence electrons. The van der Waals surface area contributed by atoms with Gasteiger partial charge in [-0.2, -0.15) is 0 Å². The molecule has 0 saturated carbocycles. The molecule has 1 N–H and O–H groups in total. The van der Waals surface area contributed by atoms with Crippen molar-refractivity contribution < 1.29 is 13.3 Å². The average Bonchev–Trinajstić information content (AvgIpc) is 2.96. The van der Waals surface area contributed by atoms with Crippen LogP contribution in [0.3, 0.4) is 0 Å². The summed E-state index contributed by atoms with van der Waals surface area (Å²) in [6.45, 7) is 3.35. The molecule has 0 radical (unpaired) electrons. The van der Waals surface area contributed by atoms with Crippen molar-refractivity contribution in [2.24, 2.45) is 0 Å². The minimum Gasteiger partial charge on any atom is -0.301 e. The van der Waals surface area contributed by atoms with Gasteiger partial charge in [0.05, 0.1) is 12.4 Å². The van der Waals surface area contributed by atoms with Gasteiger partial charge in [0.15, 0.2) is 0 Å². The maximum Gasteiger partial charge on any atom is 0.233 e. The third-order valence-electron chi connectivity index (χ3n) is 3.40. The van der Waals surface area contributed by atoms with Gasteiger partial charge in [0.25, 0.3) is 0 Å². The number of nitrogens with zero attached hydrogens (tertiary/aromatic N) is 1. The van der Waals surface area contributed by atoms with Crippen molar-refractivity contribution in [3.63, 3.8) is 0 Å². The van der Waals surface area contributed by atoms with Crippen molar-refractivity contribution in [1.29, 1.82) is 0 Å². The molecule has 0 spiro atoms. The first-order valence-corrected chi connectivity index (χ1v) is 8.68. The highest BCUT2D eigenvalue weighted by Gasteiger charge is 2.13. The highest BCUT2D eigenvalue weighted by Crippen LogP contribution is 2.06. The molecule has 2 rings (SSSR count). The zero-order chi connectivity index (χ0) is 14.3. The molecule has 1 aromatic carbocycles. The molecule has 1 aromatic rings. The van der Waals surface area contributed by atoms with Crippen LogP contribution in [0.5, 0.6) is 0 Å². The van der Waals surface area contributed by atoms with E-state index in [0.717, 1.165) is 25.2 Å². The Morgan fingerprint density at radius 2 is 1.85 bits per heavy atom. The van der Waals surface area contributed by atoms with Crippen LogP contribution >= 0.6 is 0 Å². The van der Waals surface area contributed by atoms with Crippen LogP contribution in [0.25, 0.3) is 0 Å². The summed E-state index contributed by atoms with van der Waals surface area (Å²) in [6.07, 6.45) is 2.94. The van der Waals surface area contributed by atoms with Gasteiger partial charge in [0, 0.05) is 6.54 Å². The SMILES string of the molecule is O=S(=O)(CCc1ccccc1)NOCCN1CCCC1. The molecule has 1 fully saturated rings. The Balaban J connectivity index is 1.63. The summed E-state index contributed by atoms with van der Waals surface area (Å²) in [5, 5.41) is 0. The molecule has 0 atom stereocenters. The topological polar surface area (TPSA) is 58.6 Å². The van der Waals surface area contributed by atoms with Crippen LogP contribution in [0.15, 0.2) is 30.3 Å². The van der Waals surface area contributed by atoms with E-state index in [4.69, 9.17) is 4.84 Å². The third kappa shape index (κ3) is 5.58. The summed E-state index contributed by atoms with van der Waals surface area (Å²) in [6, 6.07) is 9.56. The molecule has 5 nitrogen and oxygen atoms in total. The van der Waals surface area contributed by atoms with E-state index >= 15 is 0 Å². The second kappa shape index (κ2) is 7.73. The van der Waals surface area contributed by atoms with Gasteiger partial charge >= 0.3 is 0 Å². The van der Waals surface area contributed by atoms with E-state index in [2.05, 4.69) is 9.79 Å². The lowest BCUT2D eigenvalue weighted by Crippen LogP contribution is -2.31. The molecule has 1 heterocycles. The van der Waals surface area contributed by atoms with Crippen LogP contribution in [0.1, 0.15) is 18.4 Å². The van der Waals surface area contributed by atoms with Gasteiger partial charge in [-0.25, -0.2) is 8.42 Å². The van der Waals surface area contributed by atoms with Crippen molar-refractivity contribution in [3.05, 3.63) is 35.9 Å². The molecule has 1 saturated heterocycles. The Kier molecular flexibility index (Phi) is 5.97. The fourth-order valence-electron chi connectivity index (χ4n) is 2.25. The van der Waals surface area contributed by atoms with E-state index in [1.54, 1.807) is 0 Å². The Morgan fingerprint density at radius 3 is 2.55 bits per heavy atom. The Hall–Kier alpha value is -0.950. The van der Waals surface area contributed by atoms with E-state index in [-0.39, 0.29) is 5.75 Å². The molecule has 0 bridgehead atoms. The van der Waals surface area contributed by atoms with Crippen LogP contribution in [0.4, 0.5) is 0 Å². The van der Waals surface area contributed by atoms with E-state index in [1.165, 1.54) is 12.8 Å². The van der Waals surface area contributed by atoms with Crippen molar-refractivity contribution in [1.82, 2.24) is 9.79 Å². The second-order valence-corrected chi connectivity index (χ2v) is 6.84. The fraction of sp³-hybridized carbons (Fsp3) is 0.571. The maximum absolute atomic E-state index is 11.8. The molecule has 1 aliphatic heterocycles. The van der Waals surface area contributed by atoms with Gasteiger partial charge in [0.2, 0.25) is 10.0 Å². The van der Waals surface area contributed by atoms with Crippen LogP contribution in [-0.2, 0) is 21.3 Å². The number of likely N-dealkylation sites (tertiary alicyclic amines) is 1. The highest BCUT2D eigenvalue weighted by atomic mass is 32.2. The molecule has 0 aromatic heterocycles. The number of hydrogen-bond acceptors (Lipinski definition) is 4. The molecular weight excluding hydrogens is 276 g/mol.